The lowest BCUT2D eigenvalue weighted by atomic mass is 10.2. The zero-order valence-corrected chi connectivity index (χ0v) is 16.2. The highest BCUT2D eigenvalue weighted by molar-refractivity contribution is 5.75. The molecule has 1 aliphatic heterocycles. The minimum Gasteiger partial charge on any atom is -0.457 e. The van der Waals surface area contributed by atoms with E-state index in [1.807, 2.05) is 54.6 Å². The predicted molar refractivity (Wildman–Crippen MR) is 109 cm³/mol. The number of fused-ring (bicyclic) bond motifs is 1. The highest BCUT2D eigenvalue weighted by atomic mass is 16.5. The van der Waals surface area contributed by atoms with Gasteiger partial charge in [-0.1, -0.05) is 36.8 Å². The first kappa shape index (κ1) is 19.0. The van der Waals surface area contributed by atoms with E-state index in [0.717, 1.165) is 42.8 Å². The number of carbonyl (C=O) groups excluding carboxylic acids is 1. The van der Waals surface area contributed by atoms with Crippen LogP contribution in [0.5, 0.6) is 11.5 Å². The van der Waals surface area contributed by atoms with Gasteiger partial charge in [0.1, 0.15) is 23.9 Å². The molecule has 4 rings (SSSR count). The number of amides is 1. The highest BCUT2D eigenvalue weighted by Gasteiger charge is 2.17. The second-order valence-corrected chi connectivity index (χ2v) is 7.16. The van der Waals surface area contributed by atoms with Crippen molar-refractivity contribution < 1.29 is 9.53 Å². The predicted octanol–water partition coefficient (Wildman–Crippen LogP) is 2.88. The molecule has 2 heterocycles. The Morgan fingerprint density at radius 2 is 1.86 bits per heavy atom. The Morgan fingerprint density at radius 3 is 2.72 bits per heavy atom. The molecule has 1 amide bonds. The maximum Gasteiger partial charge on any atom is 0.346 e. The van der Waals surface area contributed by atoms with Gasteiger partial charge in [0.15, 0.2) is 0 Å². The number of benzene rings is 2. The Hall–Kier alpha value is -3.35. The van der Waals surface area contributed by atoms with Gasteiger partial charge in [-0.2, -0.15) is 5.10 Å². The van der Waals surface area contributed by atoms with Crippen molar-refractivity contribution >= 4 is 5.91 Å². The quantitative estimate of drug-likeness (QED) is 0.700. The van der Waals surface area contributed by atoms with Crippen LogP contribution in [-0.4, -0.2) is 20.3 Å². The minimum atomic E-state index is -0.241. The number of carbonyl (C=O) groups is 1. The normalized spacial score (nSPS) is 13.4. The highest BCUT2D eigenvalue weighted by Crippen LogP contribution is 2.21. The van der Waals surface area contributed by atoms with Crippen LogP contribution in [0.3, 0.4) is 0 Å². The number of aryl methyl sites for hydroxylation is 1. The molecule has 0 bridgehead atoms. The van der Waals surface area contributed by atoms with Crippen molar-refractivity contribution in [3.8, 4) is 11.5 Å². The fourth-order valence-electron chi connectivity index (χ4n) is 3.46. The summed E-state index contributed by atoms with van der Waals surface area (Å²) in [7, 11) is 0. The first-order valence-electron chi connectivity index (χ1n) is 9.94. The molecule has 3 aromatic rings. The molecule has 7 heteroatoms. The summed E-state index contributed by atoms with van der Waals surface area (Å²) >= 11 is 0. The Labute approximate surface area is 168 Å². The van der Waals surface area contributed by atoms with Crippen LogP contribution in [0, 0.1) is 0 Å². The van der Waals surface area contributed by atoms with E-state index in [0.29, 0.717) is 18.8 Å². The van der Waals surface area contributed by atoms with Gasteiger partial charge in [-0.25, -0.2) is 9.48 Å². The van der Waals surface area contributed by atoms with E-state index in [2.05, 4.69) is 10.4 Å². The van der Waals surface area contributed by atoms with Gasteiger partial charge in [0, 0.05) is 19.5 Å². The average Bonchev–Trinajstić information content (AvgIpc) is 2.89. The summed E-state index contributed by atoms with van der Waals surface area (Å²) in [5.41, 5.74) is 0.718. The molecule has 0 aliphatic carbocycles. The molecule has 0 saturated carbocycles. The average molecular weight is 392 g/mol. The number of aromatic nitrogens is 3. The number of hydrogen-bond donors (Lipinski definition) is 1. The molecular weight excluding hydrogens is 368 g/mol. The van der Waals surface area contributed by atoms with Crippen molar-refractivity contribution in [1.82, 2.24) is 19.7 Å². The largest absolute Gasteiger partial charge is 0.457 e. The minimum absolute atomic E-state index is 0.0704. The standard InChI is InChI=1S/C22H24N4O3/c27-21(16-26-22(28)25-13-6-2-5-12-20(25)24-26)23-15-17-8-7-11-19(14-17)29-18-9-3-1-4-10-18/h1,3-4,7-11,14H,2,5-6,12-13,15-16H2,(H,23,27). The summed E-state index contributed by atoms with van der Waals surface area (Å²) in [5, 5.41) is 7.21. The number of ether oxygens (including phenoxy) is 1. The van der Waals surface area contributed by atoms with Gasteiger partial charge in [0.05, 0.1) is 0 Å². The van der Waals surface area contributed by atoms with Crippen LogP contribution in [0.4, 0.5) is 0 Å². The zero-order chi connectivity index (χ0) is 20.1. The number of para-hydroxylation sites is 1. The molecule has 1 aliphatic rings. The van der Waals surface area contributed by atoms with Crippen LogP contribution >= 0.6 is 0 Å². The van der Waals surface area contributed by atoms with Crippen molar-refractivity contribution in [2.45, 2.75) is 45.3 Å². The molecule has 0 spiro atoms. The second-order valence-electron chi connectivity index (χ2n) is 7.16. The third-order valence-electron chi connectivity index (χ3n) is 4.94. The van der Waals surface area contributed by atoms with E-state index in [1.54, 1.807) is 4.57 Å². The smallest absolute Gasteiger partial charge is 0.346 e. The first-order valence-corrected chi connectivity index (χ1v) is 9.94. The zero-order valence-electron chi connectivity index (χ0n) is 16.2. The molecule has 2 aromatic carbocycles. The molecule has 150 valence electrons. The number of nitrogens with one attached hydrogen (secondary N) is 1. The molecule has 0 saturated heterocycles. The van der Waals surface area contributed by atoms with E-state index < -0.39 is 0 Å². The Bertz CT molecular complexity index is 1040. The van der Waals surface area contributed by atoms with Gasteiger partial charge in [-0.3, -0.25) is 9.36 Å². The van der Waals surface area contributed by atoms with Gasteiger partial charge in [0.2, 0.25) is 5.91 Å². The van der Waals surface area contributed by atoms with Crippen molar-refractivity contribution in [3.63, 3.8) is 0 Å². The van der Waals surface area contributed by atoms with E-state index in [-0.39, 0.29) is 18.1 Å². The van der Waals surface area contributed by atoms with Crippen molar-refractivity contribution in [3.05, 3.63) is 76.5 Å². The maximum atomic E-state index is 12.5. The Morgan fingerprint density at radius 1 is 1.03 bits per heavy atom. The lowest BCUT2D eigenvalue weighted by Crippen LogP contribution is -2.33. The van der Waals surface area contributed by atoms with Gasteiger partial charge < -0.3 is 10.1 Å². The topological polar surface area (TPSA) is 78.2 Å². The molecule has 7 nitrogen and oxygen atoms in total. The Kier molecular flexibility index (Phi) is 5.74. The molecule has 1 N–H and O–H groups in total. The number of rotatable bonds is 6. The summed E-state index contributed by atoms with van der Waals surface area (Å²) < 4.78 is 8.79. The van der Waals surface area contributed by atoms with Crippen LogP contribution in [0.25, 0.3) is 0 Å². The number of hydrogen-bond acceptors (Lipinski definition) is 4. The summed E-state index contributed by atoms with van der Waals surface area (Å²) in [6.07, 6.45) is 3.91. The molecule has 1 aromatic heterocycles. The van der Waals surface area contributed by atoms with Crippen molar-refractivity contribution in [1.29, 1.82) is 0 Å². The molecule has 0 unspecified atom stereocenters. The van der Waals surface area contributed by atoms with E-state index in [9.17, 15) is 9.59 Å². The van der Waals surface area contributed by atoms with Gasteiger partial charge in [-0.15, -0.1) is 0 Å². The molecular formula is C22H24N4O3. The second kappa shape index (κ2) is 8.77. The summed E-state index contributed by atoms with van der Waals surface area (Å²) in [5.74, 6) is 2.01. The van der Waals surface area contributed by atoms with Crippen LogP contribution in [-0.2, 0) is 30.8 Å². The summed E-state index contributed by atoms with van der Waals surface area (Å²) in [4.78, 5) is 24.8. The molecule has 0 fully saturated rings. The van der Waals surface area contributed by atoms with E-state index >= 15 is 0 Å². The third kappa shape index (κ3) is 4.74. The monoisotopic (exact) mass is 392 g/mol. The number of nitrogens with zero attached hydrogens (tertiary/aromatic N) is 3. The Balaban J connectivity index is 1.35. The maximum absolute atomic E-state index is 12.5. The van der Waals surface area contributed by atoms with Crippen molar-refractivity contribution in [2.75, 3.05) is 0 Å². The van der Waals surface area contributed by atoms with Gasteiger partial charge in [-0.05, 0) is 42.7 Å². The third-order valence-corrected chi connectivity index (χ3v) is 4.94. The lowest BCUT2D eigenvalue weighted by Gasteiger charge is -2.09. The van der Waals surface area contributed by atoms with E-state index in [4.69, 9.17) is 4.74 Å². The fraction of sp³-hybridized carbons (Fsp3) is 0.318. The first-order chi connectivity index (χ1) is 14.2. The SMILES string of the molecule is O=C(Cn1nc2n(c1=O)CCCCC2)NCc1cccc(Oc2ccccc2)c1. The summed E-state index contributed by atoms with van der Waals surface area (Å²) in [6, 6.07) is 17.1. The van der Waals surface area contributed by atoms with Crippen LogP contribution < -0.4 is 15.7 Å². The van der Waals surface area contributed by atoms with Crippen LogP contribution in [0.2, 0.25) is 0 Å². The van der Waals surface area contributed by atoms with E-state index in [1.165, 1.54) is 4.68 Å². The van der Waals surface area contributed by atoms with Gasteiger partial charge in [0.25, 0.3) is 0 Å². The van der Waals surface area contributed by atoms with Gasteiger partial charge >= 0.3 is 5.69 Å². The van der Waals surface area contributed by atoms with Crippen LogP contribution in [0.1, 0.15) is 30.7 Å². The molecule has 29 heavy (non-hydrogen) atoms. The molecule has 0 atom stereocenters. The van der Waals surface area contributed by atoms with Crippen molar-refractivity contribution in [2.24, 2.45) is 0 Å². The summed E-state index contributed by atoms with van der Waals surface area (Å²) in [6.45, 7) is 0.968. The fourth-order valence-corrected chi connectivity index (χ4v) is 3.46. The lowest BCUT2D eigenvalue weighted by molar-refractivity contribution is -0.122. The van der Waals surface area contributed by atoms with Crippen LogP contribution in [0.15, 0.2) is 59.4 Å². The molecule has 0 radical (unpaired) electrons.